The molecule has 110 valence electrons. The van der Waals surface area contributed by atoms with Gasteiger partial charge in [-0.25, -0.2) is 0 Å². The first-order valence-electron chi connectivity index (χ1n) is 6.60. The summed E-state index contributed by atoms with van der Waals surface area (Å²) in [6, 6.07) is 4.89. The van der Waals surface area contributed by atoms with Gasteiger partial charge in [0.25, 0.3) is 5.69 Å². The van der Waals surface area contributed by atoms with E-state index >= 15 is 0 Å². The summed E-state index contributed by atoms with van der Waals surface area (Å²) < 4.78 is 0. The molecule has 0 aliphatic heterocycles. The molecule has 0 radical (unpaired) electrons. The zero-order chi connectivity index (χ0) is 15.3. The highest BCUT2D eigenvalue weighted by atomic mass is 16.6. The molecule has 0 spiro atoms. The number of carbonyl (C=O) groups is 1. The number of amides is 1. The van der Waals surface area contributed by atoms with Gasteiger partial charge in [0.2, 0.25) is 5.91 Å². The molecule has 0 saturated carbocycles. The average Bonchev–Trinajstić information content (AvgIpc) is 2.29. The van der Waals surface area contributed by atoms with Gasteiger partial charge in [-0.05, 0) is 39.3 Å². The molecule has 0 aliphatic rings. The van der Waals surface area contributed by atoms with Gasteiger partial charge >= 0.3 is 0 Å². The molecule has 1 aromatic rings. The van der Waals surface area contributed by atoms with Crippen LogP contribution in [0, 0.1) is 17.0 Å². The molecular weight excluding hydrogens is 258 g/mol. The number of benzene rings is 1. The zero-order valence-electron chi connectivity index (χ0n) is 12.3. The van der Waals surface area contributed by atoms with Gasteiger partial charge < -0.3 is 10.6 Å². The van der Waals surface area contributed by atoms with Gasteiger partial charge in [-0.3, -0.25) is 14.9 Å². The third-order valence-electron chi connectivity index (χ3n) is 2.69. The van der Waals surface area contributed by atoms with Crippen molar-refractivity contribution in [3.8, 4) is 0 Å². The number of nitro benzene ring substituents is 1. The predicted molar refractivity (Wildman–Crippen MR) is 78.8 cm³/mol. The first-order chi connectivity index (χ1) is 9.29. The third kappa shape index (κ3) is 4.87. The summed E-state index contributed by atoms with van der Waals surface area (Å²) in [5.74, 6) is -0.0743. The fourth-order valence-electron chi connectivity index (χ4n) is 1.89. The minimum atomic E-state index is -0.420. The zero-order valence-corrected chi connectivity index (χ0v) is 12.3. The number of carbonyl (C=O) groups excluding carboxylic acids is 1. The van der Waals surface area contributed by atoms with Crippen LogP contribution in [0.5, 0.6) is 0 Å². The van der Waals surface area contributed by atoms with E-state index in [-0.39, 0.29) is 30.1 Å². The largest absolute Gasteiger partial charge is 0.377 e. The van der Waals surface area contributed by atoms with Gasteiger partial charge in [-0.2, -0.15) is 0 Å². The van der Waals surface area contributed by atoms with Crippen molar-refractivity contribution >= 4 is 17.3 Å². The summed E-state index contributed by atoms with van der Waals surface area (Å²) in [6.07, 6.45) is 0.267. The number of nitro groups is 1. The lowest BCUT2D eigenvalue weighted by molar-refractivity contribution is -0.384. The molecule has 0 aromatic heterocycles. The molecule has 20 heavy (non-hydrogen) atoms. The van der Waals surface area contributed by atoms with Gasteiger partial charge in [0.05, 0.1) is 4.92 Å². The van der Waals surface area contributed by atoms with E-state index < -0.39 is 4.92 Å². The number of nitrogens with one attached hydrogen (secondary N) is 2. The van der Waals surface area contributed by atoms with Crippen molar-refractivity contribution < 1.29 is 9.72 Å². The van der Waals surface area contributed by atoms with Crippen LogP contribution in [0.3, 0.4) is 0 Å². The second-order valence-electron chi connectivity index (χ2n) is 5.25. The number of anilines is 1. The normalized spacial score (nSPS) is 12.1. The Morgan fingerprint density at radius 2 is 2.00 bits per heavy atom. The predicted octanol–water partition coefficient (Wildman–Crippen LogP) is 2.62. The topological polar surface area (TPSA) is 84.3 Å². The van der Waals surface area contributed by atoms with Crippen molar-refractivity contribution in [3.05, 3.63) is 33.9 Å². The van der Waals surface area contributed by atoms with E-state index in [0.717, 1.165) is 5.56 Å². The van der Waals surface area contributed by atoms with Crippen LogP contribution in [0.4, 0.5) is 11.4 Å². The van der Waals surface area contributed by atoms with Crippen molar-refractivity contribution in [3.63, 3.8) is 0 Å². The molecule has 6 nitrogen and oxygen atoms in total. The quantitative estimate of drug-likeness (QED) is 0.619. The number of rotatable bonds is 6. The van der Waals surface area contributed by atoms with E-state index in [1.54, 1.807) is 19.1 Å². The van der Waals surface area contributed by atoms with Crippen LogP contribution in [0.15, 0.2) is 18.2 Å². The number of hydrogen-bond donors (Lipinski definition) is 2. The Bertz CT molecular complexity index is 500. The summed E-state index contributed by atoms with van der Waals surface area (Å²) in [4.78, 5) is 22.2. The van der Waals surface area contributed by atoms with E-state index in [1.165, 1.54) is 6.07 Å². The Morgan fingerprint density at radius 3 is 2.55 bits per heavy atom. The second-order valence-corrected chi connectivity index (χ2v) is 5.25. The van der Waals surface area contributed by atoms with Crippen LogP contribution in [0.2, 0.25) is 0 Å². The fourth-order valence-corrected chi connectivity index (χ4v) is 1.89. The Kier molecular flexibility index (Phi) is 5.49. The molecule has 1 unspecified atom stereocenters. The molecule has 6 heteroatoms. The minimum Gasteiger partial charge on any atom is -0.377 e. The van der Waals surface area contributed by atoms with E-state index in [0.29, 0.717) is 5.69 Å². The molecule has 0 aliphatic carbocycles. The first-order valence-corrected chi connectivity index (χ1v) is 6.60. The first kappa shape index (κ1) is 15.9. The molecule has 1 amide bonds. The van der Waals surface area contributed by atoms with E-state index in [4.69, 9.17) is 0 Å². The fraction of sp³-hybridized carbons (Fsp3) is 0.500. The van der Waals surface area contributed by atoms with Gasteiger partial charge in [-0.15, -0.1) is 0 Å². The molecule has 0 bridgehead atoms. The Hall–Kier alpha value is -2.11. The standard InChI is InChI=1S/C14H21N3O3/c1-9(2)15-14(18)8-11(4)16-12-6-5-10(3)7-13(12)17(19)20/h5-7,9,11,16H,8H2,1-4H3,(H,15,18). The lowest BCUT2D eigenvalue weighted by atomic mass is 10.1. The van der Waals surface area contributed by atoms with Gasteiger partial charge in [0.15, 0.2) is 0 Å². The summed E-state index contributed by atoms with van der Waals surface area (Å²) in [7, 11) is 0. The molecule has 1 atom stereocenters. The summed E-state index contributed by atoms with van der Waals surface area (Å²) >= 11 is 0. The van der Waals surface area contributed by atoms with Gasteiger partial charge in [0, 0.05) is 24.6 Å². The maximum absolute atomic E-state index is 11.6. The number of aryl methyl sites for hydroxylation is 1. The van der Waals surface area contributed by atoms with Crippen LogP contribution in [-0.4, -0.2) is 22.9 Å². The molecule has 1 aromatic carbocycles. The Morgan fingerprint density at radius 1 is 1.35 bits per heavy atom. The van der Waals surface area contributed by atoms with Crippen molar-refractivity contribution in [1.82, 2.24) is 5.32 Å². The Labute approximate surface area is 118 Å². The van der Waals surface area contributed by atoms with Gasteiger partial charge in [-0.1, -0.05) is 6.07 Å². The molecular formula is C14H21N3O3. The monoisotopic (exact) mass is 279 g/mol. The number of hydrogen-bond acceptors (Lipinski definition) is 4. The van der Waals surface area contributed by atoms with Crippen LogP contribution in [-0.2, 0) is 4.79 Å². The van der Waals surface area contributed by atoms with E-state index in [2.05, 4.69) is 10.6 Å². The highest BCUT2D eigenvalue weighted by molar-refractivity contribution is 5.77. The van der Waals surface area contributed by atoms with Crippen LogP contribution >= 0.6 is 0 Å². The maximum atomic E-state index is 11.6. The molecule has 0 heterocycles. The lowest BCUT2D eigenvalue weighted by Gasteiger charge is -2.16. The number of nitrogens with zero attached hydrogens (tertiary/aromatic N) is 1. The maximum Gasteiger partial charge on any atom is 0.292 e. The molecule has 0 saturated heterocycles. The van der Waals surface area contributed by atoms with Crippen LogP contribution in [0.1, 0.15) is 32.8 Å². The van der Waals surface area contributed by atoms with E-state index in [1.807, 2.05) is 20.8 Å². The smallest absolute Gasteiger partial charge is 0.292 e. The highest BCUT2D eigenvalue weighted by Crippen LogP contribution is 2.26. The van der Waals surface area contributed by atoms with Crippen molar-refractivity contribution in [1.29, 1.82) is 0 Å². The molecule has 2 N–H and O–H groups in total. The van der Waals surface area contributed by atoms with Crippen molar-refractivity contribution in [2.45, 2.75) is 46.2 Å². The summed E-state index contributed by atoms with van der Waals surface area (Å²) in [5.41, 5.74) is 1.29. The summed E-state index contributed by atoms with van der Waals surface area (Å²) in [5, 5.41) is 16.8. The van der Waals surface area contributed by atoms with Crippen LogP contribution < -0.4 is 10.6 Å². The third-order valence-corrected chi connectivity index (χ3v) is 2.69. The second kappa shape index (κ2) is 6.88. The molecule has 1 rings (SSSR count). The van der Waals surface area contributed by atoms with E-state index in [9.17, 15) is 14.9 Å². The Balaban J connectivity index is 2.73. The minimum absolute atomic E-state index is 0.0288. The average molecular weight is 279 g/mol. The molecule has 0 fully saturated rings. The SMILES string of the molecule is Cc1ccc(NC(C)CC(=O)NC(C)C)c([N+](=O)[O-])c1. The van der Waals surface area contributed by atoms with Crippen molar-refractivity contribution in [2.75, 3.05) is 5.32 Å². The van der Waals surface area contributed by atoms with Crippen LogP contribution in [0.25, 0.3) is 0 Å². The highest BCUT2D eigenvalue weighted by Gasteiger charge is 2.17. The van der Waals surface area contributed by atoms with Gasteiger partial charge in [0.1, 0.15) is 5.69 Å². The summed E-state index contributed by atoms with van der Waals surface area (Å²) in [6.45, 7) is 7.40. The van der Waals surface area contributed by atoms with Crippen molar-refractivity contribution in [2.24, 2.45) is 0 Å². The lowest BCUT2D eigenvalue weighted by Crippen LogP contribution is -2.34.